The van der Waals surface area contributed by atoms with Crippen LogP contribution in [-0.4, -0.2) is 15.7 Å². The molecule has 4 heteroatoms. The van der Waals surface area contributed by atoms with Crippen LogP contribution in [0.5, 0.6) is 0 Å². The first-order valence-electron chi connectivity index (χ1n) is 7.27. The fourth-order valence-corrected chi connectivity index (χ4v) is 2.30. The van der Waals surface area contributed by atoms with Crippen LogP contribution in [0, 0.1) is 13.8 Å². The van der Waals surface area contributed by atoms with Crippen molar-refractivity contribution < 1.29 is 4.79 Å². The highest BCUT2D eigenvalue weighted by Crippen LogP contribution is 2.22. The maximum Gasteiger partial charge on any atom is 0.269 e. The number of benzene rings is 1. The number of nitrogens with zero attached hydrogens (tertiary/aromatic N) is 2. The normalized spacial score (nSPS) is 11.5. The molecule has 0 aliphatic carbocycles. The Morgan fingerprint density at radius 3 is 2.59 bits per heavy atom. The van der Waals surface area contributed by atoms with Gasteiger partial charge in [-0.15, -0.1) is 0 Å². The summed E-state index contributed by atoms with van der Waals surface area (Å²) in [6.07, 6.45) is 4.36. The average molecular weight is 295 g/mol. The Bertz CT molecular complexity index is 754. The van der Waals surface area contributed by atoms with Crippen molar-refractivity contribution in [2.75, 3.05) is 0 Å². The first kappa shape index (κ1) is 15.8. The van der Waals surface area contributed by atoms with Gasteiger partial charge in [0.2, 0.25) is 0 Å². The molecule has 0 aliphatic rings. The Balaban J connectivity index is 2.62. The SMILES string of the molecule is C=C/C=C(/c1ccc(C)c(C)c1)n1nc(C(N)=O)cc1CC. The average Bonchev–Trinajstić information content (AvgIpc) is 2.92. The van der Waals surface area contributed by atoms with Gasteiger partial charge < -0.3 is 5.73 Å². The van der Waals surface area contributed by atoms with Gasteiger partial charge in [0.25, 0.3) is 5.91 Å². The van der Waals surface area contributed by atoms with Crippen LogP contribution in [0.2, 0.25) is 0 Å². The van der Waals surface area contributed by atoms with Crippen molar-refractivity contribution in [2.45, 2.75) is 27.2 Å². The predicted molar refractivity (Wildman–Crippen MR) is 89.6 cm³/mol. The van der Waals surface area contributed by atoms with Crippen molar-refractivity contribution in [1.29, 1.82) is 0 Å². The zero-order valence-corrected chi connectivity index (χ0v) is 13.3. The highest BCUT2D eigenvalue weighted by molar-refractivity contribution is 5.91. The molecule has 0 bridgehead atoms. The molecule has 0 spiro atoms. The van der Waals surface area contributed by atoms with Crippen LogP contribution in [0.15, 0.2) is 43.0 Å². The lowest BCUT2D eigenvalue weighted by atomic mass is 10.0. The lowest BCUT2D eigenvalue weighted by molar-refractivity contribution is 0.0995. The van der Waals surface area contributed by atoms with Gasteiger partial charge in [0.05, 0.1) is 5.70 Å². The Kier molecular flexibility index (Phi) is 4.61. The lowest BCUT2D eigenvalue weighted by Gasteiger charge is -2.12. The molecule has 1 aromatic carbocycles. The molecule has 0 aliphatic heterocycles. The molecule has 2 N–H and O–H groups in total. The van der Waals surface area contributed by atoms with Crippen molar-refractivity contribution in [3.63, 3.8) is 0 Å². The Morgan fingerprint density at radius 2 is 2.05 bits per heavy atom. The topological polar surface area (TPSA) is 60.9 Å². The van der Waals surface area contributed by atoms with Gasteiger partial charge in [-0.1, -0.05) is 31.7 Å². The minimum Gasteiger partial charge on any atom is -0.364 e. The van der Waals surface area contributed by atoms with Gasteiger partial charge in [0.1, 0.15) is 0 Å². The zero-order valence-electron chi connectivity index (χ0n) is 13.3. The van der Waals surface area contributed by atoms with E-state index in [2.05, 4.69) is 37.7 Å². The zero-order chi connectivity index (χ0) is 16.3. The summed E-state index contributed by atoms with van der Waals surface area (Å²) in [5.74, 6) is -0.522. The van der Waals surface area contributed by atoms with Crippen molar-refractivity contribution in [2.24, 2.45) is 5.73 Å². The van der Waals surface area contributed by atoms with Crippen molar-refractivity contribution in [3.8, 4) is 0 Å². The van der Waals surface area contributed by atoms with E-state index >= 15 is 0 Å². The van der Waals surface area contributed by atoms with Crippen LogP contribution >= 0.6 is 0 Å². The molecule has 0 fully saturated rings. The fourth-order valence-electron chi connectivity index (χ4n) is 2.30. The summed E-state index contributed by atoms with van der Waals surface area (Å²) in [7, 11) is 0. The summed E-state index contributed by atoms with van der Waals surface area (Å²) < 4.78 is 1.77. The Hall–Kier alpha value is -2.62. The molecule has 0 saturated carbocycles. The van der Waals surface area contributed by atoms with Gasteiger partial charge in [0, 0.05) is 11.3 Å². The van der Waals surface area contributed by atoms with Gasteiger partial charge in [-0.2, -0.15) is 5.10 Å². The number of aryl methyl sites for hydroxylation is 3. The van der Waals surface area contributed by atoms with E-state index < -0.39 is 5.91 Å². The summed E-state index contributed by atoms with van der Waals surface area (Å²) in [6.45, 7) is 9.95. The summed E-state index contributed by atoms with van der Waals surface area (Å²) in [5, 5.41) is 4.35. The van der Waals surface area contributed by atoms with E-state index in [9.17, 15) is 4.79 Å². The quantitative estimate of drug-likeness (QED) is 0.861. The highest BCUT2D eigenvalue weighted by Gasteiger charge is 2.15. The molecule has 0 atom stereocenters. The van der Waals surface area contributed by atoms with E-state index in [1.165, 1.54) is 11.1 Å². The smallest absolute Gasteiger partial charge is 0.269 e. The third-order valence-corrected chi connectivity index (χ3v) is 3.70. The number of aromatic nitrogens is 2. The second-order valence-electron chi connectivity index (χ2n) is 5.24. The van der Waals surface area contributed by atoms with Crippen LogP contribution in [0.4, 0.5) is 0 Å². The van der Waals surface area contributed by atoms with E-state index in [-0.39, 0.29) is 5.69 Å². The Morgan fingerprint density at radius 1 is 1.32 bits per heavy atom. The maximum atomic E-state index is 11.4. The number of primary amides is 1. The second kappa shape index (κ2) is 6.43. The number of amides is 1. The van der Waals surface area contributed by atoms with Crippen LogP contribution in [0.1, 0.15) is 39.8 Å². The van der Waals surface area contributed by atoms with Crippen molar-refractivity contribution in [3.05, 3.63) is 71.1 Å². The molecule has 22 heavy (non-hydrogen) atoms. The molecular formula is C18H21N3O. The fraction of sp³-hybridized carbons (Fsp3) is 0.222. The van der Waals surface area contributed by atoms with Crippen LogP contribution in [0.3, 0.4) is 0 Å². The third-order valence-electron chi connectivity index (χ3n) is 3.70. The standard InChI is InChI=1S/C18H21N3O/c1-5-7-17(14-9-8-12(3)13(4)10-14)21-15(6-2)11-16(20-21)18(19)22/h5,7-11H,1,6H2,2-4H3,(H2,19,22)/b17-7-. The summed E-state index contributed by atoms with van der Waals surface area (Å²) in [5.41, 5.74) is 10.9. The summed E-state index contributed by atoms with van der Waals surface area (Å²) >= 11 is 0. The maximum absolute atomic E-state index is 11.4. The van der Waals surface area contributed by atoms with Gasteiger partial charge in [-0.3, -0.25) is 4.79 Å². The molecular weight excluding hydrogens is 274 g/mol. The van der Waals surface area contributed by atoms with E-state index in [0.717, 1.165) is 23.4 Å². The second-order valence-corrected chi connectivity index (χ2v) is 5.24. The molecule has 0 saturated heterocycles. The molecule has 0 radical (unpaired) electrons. The molecule has 0 unspecified atom stereocenters. The number of hydrogen-bond acceptors (Lipinski definition) is 2. The number of allylic oxidation sites excluding steroid dienone is 2. The monoisotopic (exact) mass is 295 g/mol. The van der Waals surface area contributed by atoms with Crippen LogP contribution in [-0.2, 0) is 6.42 Å². The number of nitrogens with two attached hydrogens (primary N) is 1. The summed E-state index contributed by atoms with van der Waals surface area (Å²) in [6, 6.07) is 7.96. The van der Waals surface area contributed by atoms with Gasteiger partial charge >= 0.3 is 0 Å². The van der Waals surface area contributed by atoms with Crippen LogP contribution < -0.4 is 5.73 Å². The first-order chi connectivity index (χ1) is 10.5. The van der Waals surface area contributed by atoms with E-state index in [4.69, 9.17) is 5.73 Å². The molecule has 1 heterocycles. The number of carbonyl (C=O) groups excluding carboxylic acids is 1. The van der Waals surface area contributed by atoms with Crippen molar-refractivity contribution in [1.82, 2.24) is 9.78 Å². The molecule has 1 aromatic heterocycles. The van der Waals surface area contributed by atoms with E-state index in [1.807, 2.05) is 19.1 Å². The number of carbonyl (C=O) groups is 1. The van der Waals surface area contributed by atoms with Gasteiger partial charge in [0.15, 0.2) is 5.69 Å². The minimum absolute atomic E-state index is 0.274. The van der Waals surface area contributed by atoms with E-state index in [0.29, 0.717) is 0 Å². The number of hydrogen-bond donors (Lipinski definition) is 1. The largest absolute Gasteiger partial charge is 0.364 e. The minimum atomic E-state index is -0.522. The van der Waals surface area contributed by atoms with Gasteiger partial charge in [-0.25, -0.2) is 4.68 Å². The highest BCUT2D eigenvalue weighted by atomic mass is 16.1. The van der Waals surface area contributed by atoms with E-state index in [1.54, 1.807) is 16.8 Å². The first-order valence-corrected chi connectivity index (χ1v) is 7.27. The predicted octanol–water partition coefficient (Wildman–Crippen LogP) is 3.24. The molecule has 4 nitrogen and oxygen atoms in total. The summed E-state index contributed by atoms with van der Waals surface area (Å²) in [4.78, 5) is 11.4. The third kappa shape index (κ3) is 3.01. The van der Waals surface area contributed by atoms with Crippen LogP contribution in [0.25, 0.3) is 5.70 Å². The molecule has 1 amide bonds. The lowest BCUT2D eigenvalue weighted by Crippen LogP contribution is -2.13. The molecule has 2 rings (SSSR count). The van der Waals surface area contributed by atoms with Crippen molar-refractivity contribution >= 4 is 11.6 Å². The molecule has 2 aromatic rings. The Labute approximate surface area is 131 Å². The molecule has 114 valence electrons. The number of rotatable bonds is 5. The van der Waals surface area contributed by atoms with Gasteiger partial charge in [-0.05, 0) is 49.6 Å².